The Hall–Kier alpha value is -3.52. The Balaban J connectivity index is 1.46. The number of fused-ring (bicyclic) bond motifs is 1. The number of aromatic nitrogens is 1. The second kappa shape index (κ2) is 9.38. The van der Waals surface area contributed by atoms with Crippen molar-refractivity contribution in [1.82, 2.24) is 15.2 Å². The van der Waals surface area contributed by atoms with Crippen molar-refractivity contribution in [2.45, 2.75) is 31.1 Å². The van der Waals surface area contributed by atoms with E-state index in [-0.39, 0.29) is 31.7 Å². The summed E-state index contributed by atoms with van der Waals surface area (Å²) in [6, 6.07) is 10.8. The minimum absolute atomic E-state index is 0.0236. The van der Waals surface area contributed by atoms with Crippen LogP contribution in [0.4, 0.5) is 4.39 Å². The van der Waals surface area contributed by atoms with Crippen LogP contribution in [0, 0.1) is 17.1 Å². The quantitative estimate of drug-likeness (QED) is 0.514. The first-order valence-corrected chi connectivity index (χ1v) is 10.8. The molecule has 34 heavy (non-hydrogen) atoms. The Morgan fingerprint density at radius 1 is 1.38 bits per heavy atom. The summed E-state index contributed by atoms with van der Waals surface area (Å²) in [7, 11) is 1.59. The highest BCUT2D eigenvalue weighted by Crippen LogP contribution is 2.26. The van der Waals surface area contributed by atoms with Gasteiger partial charge in [0.2, 0.25) is 0 Å². The molecule has 4 rings (SSSR count). The van der Waals surface area contributed by atoms with Gasteiger partial charge in [-0.15, -0.1) is 0 Å². The lowest BCUT2D eigenvalue weighted by Crippen LogP contribution is -2.46. The lowest BCUT2D eigenvalue weighted by atomic mass is 10.00. The molecule has 9 nitrogen and oxygen atoms in total. The van der Waals surface area contributed by atoms with Crippen LogP contribution in [0.15, 0.2) is 45.6 Å². The van der Waals surface area contributed by atoms with Gasteiger partial charge >= 0.3 is 5.76 Å². The molecular weight excluding hydrogens is 443 g/mol. The molecule has 2 heterocycles. The van der Waals surface area contributed by atoms with Gasteiger partial charge in [0.25, 0.3) is 5.91 Å². The fraction of sp³-hybridized carbons (Fsp3) is 0.375. The van der Waals surface area contributed by atoms with Gasteiger partial charge in [-0.25, -0.2) is 9.18 Å². The average molecular weight is 468 g/mol. The zero-order chi connectivity index (χ0) is 24.5. The lowest BCUT2D eigenvalue weighted by molar-refractivity contribution is -0.135. The standard InChI is InChI=1S/C24H25FN4O5/c1-24(32)12-27-11-21(33-13-24)22(30)28-17(10-26)7-16-4-3-14(8-18(16)25)15-5-6-20-19(9-15)29(2)23(31)34-20/h3-6,8-9,17,21,27,32H,7,11-13H2,1-2H3,(H,28,30)/t17-,21-,24-/m0/s1. The third kappa shape index (κ3) is 5.02. The Labute approximate surface area is 194 Å². The number of hydrogen-bond donors (Lipinski definition) is 3. The predicted octanol–water partition coefficient (Wildman–Crippen LogP) is 1.23. The third-order valence-corrected chi connectivity index (χ3v) is 5.80. The van der Waals surface area contributed by atoms with Crippen molar-refractivity contribution >= 4 is 17.0 Å². The van der Waals surface area contributed by atoms with E-state index in [4.69, 9.17) is 9.15 Å². The van der Waals surface area contributed by atoms with Crippen LogP contribution < -0.4 is 16.4 Å². The number of halogens is 1. The number of rotatable bonds is 5. The molecular formula is C24H25FN4O5. The summed E-state index contributed by atoms with van der Waals surface area (Å²) in [5.74, 6) is -1.50. The topological polar surface area (TPSA) is 130 Å². The zero-order valence-electron chi connectivity index (χ0n) is 18.8. The van der Waals surface area contributed by atoms with Crippen LogP contribution in [0.25, 0.3) is 22.2 Å². The van der Waals surface area contributed by atoms with E-state index in [0.717, 1.165) is 0 Å². The third-order valence-electron chi connectivity index (χ3n) is 5.80. The van der Waals surface area contributed by atoms with Gasteiger partial charge in [0.05, 0.1) is 23.8 Å². The average Bonchev–Trinajstić information content (AvgIpc) is 2.96. The van der Waals surface area contributed by atoms with E-state index in [9.17, 15) is 24.3 Å². The first-order chi connectivity index (χ1) is 16.2. The fourth-order valence-electron chi connectivity index (χ4n) is 3.84. The molecule has 1 aliphatic heterocycles. The van der Waals surface area contributed by atoms with Crippen molar-refractivity contribution in [3.63, 3.8) is 0 Å². The van der Waals surface area contributed by atoms with E-state index in [1.807, 2.05) is 6.07 Å². The van der Waals surface area contributed by atoms with Crippen LogP contribution in [0.2, 0.25) is 0 Å². The summed E-state index contributed by atoms with van der Waals surface area (Å²) in [4.78, 5) is 24.2. The Morgan fingerprint density at radius 2 is 2.12 bits per heavy atom. The molecule has 0 bridgehead atoms. The van der Waals surface area contributed by atoms with Crippen LogP contribution in [0.1, 0.15) is 12.5 Å². The van der Waals surface area contributed by atoms with Gasteiger partial charge in [0, 0.05) is 26.6 Å². The maximum absolute atomic E-state index is 14.9. The van der Waals surface area contributed by atoms with Gasteiger partial charge in [-0.05, 0) is 41.8 Å². The maximum Gasteiger partial charge on any atom is 0.419 e. The van der Waals surface area contributed by atoms with E-state index in [2.05, 4.69) is 10.6 Å². The Kier molecular flexibility index (Phi) is 6.52. The molecule has 1 amide bonds. The zero-order valence-corrected chi connectivity index (χ0v) is 18.8. The number of ether oxygens (including phenoxy) is 1. The van der Waals surface area contributed by atoms with Crippen LogP contribution in [0.5, 0.6) is 0 Å². The van der Waals surface area contributed by atoms with E-state index >= 15 is 0 Å². The van der Waals surface area contributed by atoms with Gasteiger partial charge in [-0.1, -0.05) is 18.2 Å². The van der Waals surface area contributed by atoms with E-state index in [1.54, 1.807) is 44.3 Å². The smallest absolute Gasteiger partial charge is 0.408 e. The minimum atomic E-state index is -1.09. The Bertz CT molecular complexity index is 1320. The van der Waals surface area contributed by atoms with Crippen molar-refractivity contribution in [3.8, 4) is 17.2 Å². The molecule has 1 aromatic heterocycles. The van der Waals surface area contributed by atoms with Gasteiger partial charge in [-0.2, -0.15) is 5.26 Å². The molecule has 3 atom stereocenters. The Morgan fingerprint density at radius 3 is 2.85 bits per heavy atom. The highest BCUT2D eigenvalue weighted by atomic mass is 19.1. The first kappa shape index (κ1) is 23.6. The number of amides is 1. The van der Waals surface area contributed by atoms with Crippen molar-refractivity contribution in [3.05, 3.63) is 58.3 Å². The summed E-state index contributed by atoms with van der Waals surface area (Å²) in [5, 5.41) is 25.1. The SMILES string of the molecule is Cn1c(=O)oc2ccc(-c3ccc(C[C@@H](C#N)NC(=O)[C@@H]4CNC[C@](C)(O)CO4)c(F)c3)cc21. The molecule has 178 valence electrons. The maximum atomic E-state index is 14.9. The monoisotopic (exact) mass is 468 g/mol. The molecule has 1 aliphatic rings. The molecule has 0 spiro atoms. The van der Waals surface area contributed by atoms with Gasteiger partial charge in [-0.3, -0.25) is 9.36 Å². The summed E-state index contributed by atoms with van der Waals surface area (Å²) >= 11 is 0. The number of oxazole rings is 1. The molecule has 0 aliphatic carbocycles. The van der Waals surface area contributed by atoms with Crippen LogP contribution in [0.3, 0.4) is 0 Å². The lowest BCUT2D eigenvalue weighted by Gasteiger charge is -2.21. The van der Waals surface area contributed by atoms with Crippen LogP contribution in [-0.2, 0) is 23.0 Å². The summed E-state index contributed by atoms with van der Waals surface area (Å²) < 4.78 is 26.9. The van der Waals surface area contributed by atoms with Gasteiger partial charge < -0.3 is 24.9 Å². The summed E-state index contributed by atoms with van der Waals surface area (Å²) in [5.41, 5.74) is 1.52. The van der Waals surface area contributed by atoms with Crippen molar-refractivity contribution in [2.75, 3.05) is 19.7 Å². The van der Waals surface area contributed by atoms with Gasteiger partial charge in [0.15, 0.2) is 5.58 Å². The second-order valence-electron chi connectivity index (χ2n) is 8.74. The minimum Gasteiger partial charge on any atom is -0.408 e. The molecule has 3 aromatic rings. The number of carbonyl (C=O) groups excluding carboxylic acids is 1. The highest BCUT2D eigenvalue weighted by molar-refractivity contribution is 5.82. The van der Waals surface area contributed by atoms with Crippen LogP contribution in [-0.4, -0.2) is 53.0 Å². The summed E-state index contributed by atoms with van der Waals surface area (Å²) in [6.07, 6.45) is -0.896. The summed E-state index contributed by atoms with van der Waals surface area (Å²) in [6.45, 7) is 2.04. The number of β-amino-alcohol motifs (C(OH)–C–C–N with tert-alkyl or cyclic N) is 1. The number of nitriles is 1. The number of hydrogen-bond acceptors (Lipinski definition) is 7. The number of nitrogens with one attached hydrogen (secondary N) is 2. The number of benzene rings is 2. The number of aliphatic hydroxyl groups is 1. The molecule has 2 aromatic carbocycles. The number of carbonyl (C=O) groups is 1. The van der Waals surface area contributed by atoms with Crippen molar-refractivity contribution < 1.29 is 23.4 Å². The molecule has 0 unspecified atom stereocenters. The molecule has 0 saturated carbocycles. The molecule has 3 N–H and O–H groups in total. The molecule has 10 heteroatoms. The predicted molar refractivity (Wildman–Crippen MR) is 121 cm³/mol. The highest BCUT2D eigenvalue weighted by Gasteiger charge is 2.31. The first-order valence-electron chi connectivity index (χ1n) is 10.8. The van der Waals surface area contributed by atoms with E-state index in [1.165, 1.54) is 10.6 Å². The number of nitrogens with zero attached hydrogens (tertiary/aromatic N) is 2. The largest absolute Gasteiger partial charge is 0.419 e. The number of aryl methyl sites for hydroxylation is 1. The molecule has 1 saturated heterocycles. The van der Waals surface area contributed by atoms with E-state index in [0.29, 0.717) is 22.2 Å². The fourth-order valence-corrected chi connectivity index (χ4v) is 3.84. The second-order valence-corrected chi connectivity index (χ2v) is 8.74. The normalized spacial score (nSPS) is 21.6. The van der Waals surface area contributed by atoms with Crippen molar-refractivity contribution in [1.29, 1.82) is 5.26 Å². The van der Waals surface area contributed by atoms with E-state index < -0.39 is 35.2 Å². The van der Waals surface area contributed by atoms with Crippen molar-refractivity contribution in [2.24, 2.45) is 7.05 Å². The molecule has 1 fully saturated rings. The van der Waals surface area contributed by atoms with Crippen LogP contribution >= 0.6 is 0 Å². The molecule has 0 radical (unpaired) electrons. The van der Waals surface area contributed by atoms with Gasteiger partial charge in [0.1, 0.15) is 18.0 Å².